The predicted molar refractivity (Wildman–Crippen MR) is 64.2 cm³/mol. The summed E-state index contributed by atoms with van der Waals surface area (Å²) in [5, 5.41) is 14.5. The summed E-state index contributed by atoms with van der Waals surface area (Å²) < 4.78 is 1.65. The first-order valence-electron chi connectivity index (χ1n) is 5.72. The summed E-state index contributed by atoms with van der Waals surface area (Å²) in [6.45, 7) is 4.22. The first-order chi connectivity index (χ1) is 8.43. The van der Waals surface area contributed by atoms with E-state index < -0.39 is 0 Å². The number of rotatable bonds is 2. The van der Waals surface area contributed by atoms with Gasteiger partial charge in [0.05, 0.1) is 5.69 Å². The van der Waals surface area contributed by atoms with E-state index in [9.17, 15) is 0 Å². The molecule has 3 rings (SSSR count). The molecule has 6 nitrogen and oxygen atoms in total. The molecule has 0 bridgehead atoms. The quantitative estimate of drug-likeness (QED) is 0.791. The Hall–Kier alpha value is -1.95. The average molecular weight is 230 g/mol. The fourth-order valence-electron chi connectivity index (χ4n) is 2.02. The minimum absolute atomic E-state index is 0.980. The summed E-state index contributed by atoms with van der Waals surface area (Å²) in [5.74, 6) is 0. The Balaban J connectivity index is 1.80. The van der Waals surface area contributed by atoms with Crippen LogP contribution in [0.3, 0.4) is 0 Å². The van der Waals surface area contributed by atoms with Crippen LogP contribution < -0.4 is 10.2 Å². The molecule has 0 atom stereocenters. The summed E-state index contributed by atoms with van der Waals surface area (Å²) in [4.78, 5) is 2.37. The summed E-state index contributed by atoms with van der Waals surface area (Å²) in [7, 11) is 0. The smallest absolute Gasteiger partial charge is 0.143 e. The molecule has 1 aliphatic heterocycles. The fraction of sp³-hybridized carbons (Fsp3) is 0.364. The third-order valence-electron chi connectivity index (χ3n) is 2.95. The van der Waals surface area contributed by atoms with Gasteiger partial charge in [-0.05, 0) is 34.7 Å². The second-order valence-electron chi connectivity index (χ2n) is 4.01. The van der Waals surface area contributed by atoms with Crippen LogP contribution in [0.15, 0.2) is 30.6 Å². The predicted octanol–water partition coefficient (Wildman–Crippen LogP) is 0.0719. The summed E-state index contributed by atoms with van der Waals surface area (Å²) in [6, 6.07) is 8.30. The van der Waals surface area contributed by atoms with Gasteiger partial charge in [-0.15, -0.1) is 5.10 Å². The van der Waals surface area contributed by atoms with Crippen LogP contribution >= 0.6 is 0 Å². The van der Waals surface area contributed by atoms with E-state index in [4.69, 9.17) is 0 Å². The van der Waals surface area contributed by atoms with E-state index in [-0.39, 0.29) is 0 Å². The molecule has 88 valence electrons. The number of tetrazole rings is 1. The second kappa shape index (κ2) is 4.50. The number of aromatic nitrogens is 4. The van der Waals surface area contributed by atoms with E-state index in [1.807, 2.05) is 12.1 Å². The highest BCUT2D eigenvalue weighted by atomic mass is 15.5. The molecule has 1 aromatic heterocycles. The highest BCUT2D eigenvalue weighted by Crippen LogP contribution is 2.17. The van der Waals surface area contributed by atoms with Crippen molar-refractivity contribution in [1.82, 2.24) is 25.5 Å². The maximum Gasteiger partial charge on any atom is 0.143 e. The molecule has 1 saturated heterocycles. The fourth-order valence-corrected chi connectivity index (χ4v) is 2.02. The first-order valence-corrected chi connectivity index (χ1v) is 5.72. The minimum atomic E-state index is 0.980. The van der Waals surface area contributed by atoms with Crippen molar-refractivity contribution >= 4 is 5.69 Å². The van der Waals surface area contributed by atoms with Crippen molar-refractivity contribution in [3.8, 4) is 5.69 Å². The van der Waals surface area contributed by atoms with Gasteiger partial charge >= 0.3 is 0 Å². The minimum Gasteiger partial charge on any atom is -0.369 e. The number of anilines is 1. The second-order valence-corrected chi connectivity index (χ2v) is 4.01. The van der Waals surface area contributed by atoms with Crippen LogP contribution in [0.25, 0.3) is 5.69 Å². The van der Waals surface area contributed by atoms with Gasteiger partial charge in [0.1, 0.15) is 6.33 Å². The summed E-state index contributed by atoms with van der Waals surface area (Å²) >= 11 is 0. The van der Waals surface area contributed by atoms with E-state index in [2.05, 4.69) is 37.9 Å². The van der Waals surface area contributed by atoms with Crippen molar-refractivity contribution in [2.45, 2.75) is 0 Å². The zero-order valence-corrected chi connectivity index (χ0v) is 9.45. The topological polar surface area (TPSA) is 58.9 Å². The number of benzene rings is 1. The van der Waals surface area contributed by atoms with Gasteiger partial charge in [-0.2, -0.15) is 0 Å². The molecule has 0 amide bonds. The van der Waals surface area contributed by atoms with Crippen molar-refractivity contribution in [3.05, 3.63) is 30.6 Å². The average Bonchev–Trinajstić information content (AvgIpc) is 2.94. The maximum atomic E-state index is 3.86. The van der Waals surface area contributed by atoms with E-state index in [0.29, 0.717) is 0 Å². The number of hydrogen-bond acceptors (Lipinski definition) is 5. The third kappa shape index (κ3) is 2.12. The van der Waals surface area contributed by atoms with Gasteiger partial charge in [-0.1, -0.05) is 0 Å². The number of piperazine rings is 1. The Kier molecular flexibility index (Phi) is 2.71. The molecule has 1 aromatic carbocycles. The Morgan fingerprint density at radius 2 is 1.71 bits per heavy atom. The van der Waals surface area contributed by atoms with E-state index in [1.165, 1.54) is 5.69 Å². The molecular weight excluding hydrogens is 216 g/mol. The summed E-state index contributed by atoms with van der Waals surface area (Å²) in [6.07, 6.45) is 1.60. The Bertz CT molecular complexity index is 457. The van der Waals surface area contributed by atoms with Gasteiger partial charge in [0.2, 0.25) is 0 Å². The lowest BCUT2D eigenvalue weighted by molar-refractivity contribution is 0.589. The van der Waals surface area contributed by atoms with Gasteiger partial charge in [0, 0.05) is 31.9 Å². The van der Waals surface area contributed by atoms with Gasteiger partial charge in [0.15, 0.2) is 0 Å². The molecule has 2 aromatic rings. The lowest BCUT2D eigenvalue weighted by Crippen LogP contribution is -2.43. The largest absolute Gasteiger partial charge is 0.369 e. The molecule has 1 aliphatic rings. The van der Waals surface area contributed by atoms with Crippen LogP contribution in [0.1, 0.15) is 0 Å². The van der Waals surface area contributed by atoms with Crippen molar-refractivity contribution in [3.63, 3.8) is 0 Å². The number of nitrogens with one attached hydrogen (secondary N) is 1. The molecular formula is C11H14N6. The van der Waals surface area contributed by atoms with Crippen LogP contribution in [0.4, 0.5) is 5.69 Å². The summed E-state index contributed by atoms with van der Waals surface area (Å²) in [5.41, 5.74) is 2.23. The van der Waals surface area contributed by atoms with Crippen molar-refractivity contribution < 1.29 is 0 Å². The molecule has 1 fully saturated rings. The molecule has 0 spiro atoms. The normalized spacial score (nSPS) is 16.1. The number of hydrogen-bond donors (Lipinski definition) is 1. The van der Waals surface area contributed by atoms with E-state index in [0.717, 1.165) is 31.9 Å². The molecule has 1 N–H and O–H groups in total. The van der Waals surface area contributed by atoms with Crippen molar-refractivity contribution in [2.75, 3.05) is 31.1 Å². The standard InChI is InChI=1S/C11H14N6/c1-3-11(17-9-13-14-15-17)4-2-10(1)16-7-5-12-6-8-16/h1-4,9,12H,5-8H2. The highest BCUT2D eigenvalue weighted by molar-refractivity contribution is 5.51. The van der Waals surface area contributed by atoms with Crippen LogP contribution in [0.5, 0.6) is 0 Å². The molecule has 0 aliphatic carbocycles. The van der Waals surface area contributed by atoms with E-state index in [1.54, 1.807) is 11.0 Å². The van der Waals surface area contributed by atoms with Gasteiger partial charge in [0.25, 0.3) is 0 Å². The first kappa shape index (κ1) is 10.2. The maximum absolute atomic E-state index is 3.86. The zero-order valence-electron chi connectivity index (χ0n) is 9.45. The van der Waals surface area contributed by atoms with Crippen LogP contribution in [0.2, 0.25) is 0 Å². The van der Waals surface area contributed by atoms with Crippen molar-refractivity contribution in [1.29, 1.82) is 0 Å². The zero-order chi connectivity index (χ0) is 11.5. The number of nitrogens with zero attached hydrogens (tertiary/aromatic N) is 5. The highest BCUT2D eigenvalue weighted by Gasteiger charge is 2.10. The molecule has 2 heterocycles. The molecule has 0 radical (unpaired) electrons. The monoisotopic (exact) mass is 230 g/mol. The lowest BCUT2D eigenvalue weighted by atomic mass is 10.2. The van der Waals surface area contributed by atoms with Gasteiger partial charge < -0.3 is 10.2 Å². The van der Waals surface area contributed by atoms with Gasteiger partial charge in [-0.25, -0.2) is 4.68 Å². The van der Waals surface area contributed by atoms with Crippen LogP contribution in [0, 0.1) is 0 Å². The Morgan fingerprint density at radius 3 is 2.35 bits per heavy atom. The SMILES string of the molecule is c1cc(-n2cnnn2)ccc1N1CCNCC1. The molecule has 17 heavy (non-hydrogen) atoms. The van der Waals surface area contributed by atoms with Crippen LogP contribution in [-0.4, -0.2) is 46.4 Å². The van der Waals surface area contributed by atoms with Gasteiger partial charge in [-0.3, -0.25) is 0 Å². The van der Waals surface area contributed by atoms with Crippen LogP contribution in [-0.2, 0) is 0 Å². The molecule has 6 heteroatoms. The molecule has 0 unspecified atom stereocenters. The Morgan fingerprint density at radius 1 is 1.00 bits per heavy atom. The third-order valence-corrected chi connectivity index (χ3v) is 2.95. The molecule has 0 saturated carbocycles. The van der Waals surface area contributed by atoms with Crippen molar-refractivity contribution in [2.24, 2.45) is 0 Å². The van der Waals surface area contributed by atoms with E-state index >= 15 is 0 Å². The lowest BCUT2D eigenvalue weighted by Gasteiger charge is -2.29. The Labute approximate surface area is 99.2 Å².